The fourth-order valence-corrected chi connectivity index (χ4v) is 6.88. The summed E-state index contributed by atoms with van der Waals surface area (Å²) in [5.41, 5.74) is 7.62. The highest BCUT2D eigenvalue weighted by Crippen LogP contribution is 2.52. The van der Waals surface area contributed by atoms with Crippen LogP contribution >= 0.6 is 11.8 Å². The fourth-order valence-electron chi connectivity index (χ4n) is 5.33. The van der Waals surface area contributed by atoms with Crippen LogP contribution in [0.15, 0.2) is 34.9 Å². The second-order valence-electron chi connectivity index (χ2n) is 9.05. The molecule has 4 rings (SSSR count). The van der Waals surface area contributed by atoms with E-state index >= 15 is 0 Å². The first-order valence-corrected chi connectivity index (χ1v) is 11.7. The molecule has 1 aromatic rings. The van der Waals surface area contributed by atoms with Crippen molar-refractivity contribution in [3.8, 4) is 0 Å². The molecule has 0 aliphatic carbocycles. The third-order valence-electron chi connectivity index (χ3n) is 6.78. The lowest BCUT2D eigenvalue weighted by molar-refractivity contribution is -0.163. The Bertz CT molecular complexity index is 994. The number of fused-ring (bicyclic) bond motifs is 1. The highest BCUT2D eigenvalue weighted by Gasteiger charge is 2.60. The highest BCUT2D eigenvalue weighted by molar-refractivity contribution is 8.03. The Morgan fingerprint density at radius 1 is 1.34 bits per heavy atom. The second-order valence-corrected chi connectivity index (χ2v) is 10.4. The molecule has 0 spiro atoms. The van der Waals surface area contributed by atoms with E-state index in [1.54, 1.807) is 13.8 Å². The van der Waals surface area contributed by atoms with Crippen LogP contribution in [0.4, 0.5) is 5.69 Å². The normalized spacial score (nSPS) is 30.9. The van der Waals surface area contributed by atoms with E-state index in [-0.39, 0.29) is 40.6 Å². The van der Waals surface area contributed by atoms with Gasteiger partial charge in [0.15, 0.2) is 0 Å². The van der Waals surface area contributed by atoms with Crippen LogP contribution in [-0.4, -0.2) is 67.7 Å². The van der Waals surface area contributed by atoms with Crippen molar-refractivity contribution in [3.05, 3.63) is 40.4 Å². The highest BCUT2D eigenvalue weighted by atomic mass is 32.2. The first kappa shape index (κ1) is 22.8. The quantitative estimate of drug-likeness (QED) is 0.416. The number of aliphatic hydroxyl groups excluding tert-OH is 1. The Balaban J connectivity index is 1.55. The molecule has 32 heavy (non-hydrogen) atoms. The van der Waals surface area contributed by atoms with Gasteiger partial charge in [-0.25, -0.2) is 4.79 Å². The lowest BCUT2D eigenvalue weighted by atomic mass is 9.79. The molecule has 172 valence electrons. The predicted octanol–water partition coefficient (Wildman–Crippen LogP) is 1.69. The SMILES string of the molecule is CC(=O)C1CC(SC2=C(C(=O)O)N3C(=O)C(C(C)O)C3C2C)CN1Cc1cccc(N)c1. The number of ketones is 1. The molecule has 0 saturated carbocycles. The Hall–Kier alpha value is -2.36. The number of benzene rings is 1. The molecule has 0 aromatic heterocycles. The van der Waals surface area contributed by atoms with E-state index in [2.05, 4.69) is 4.90 Å². The van der Waals surface area contributed by atoms with Gasteiger partial charge in [0, 0.05) is 34.8 Å². The molecule has 2 saturated heterocycles. The average Bonchev–Trinajstić information content (AvgIpc) is 3.19. The van der Waals surface area contributed by atoms with Crippen molar-refractivity contribution >= 4 is 35.1 Å². The number of Topliss-reactive ketones (excluding diaryl/α,β-unsaturated/α-hetero) is 1. The Labute approximate surface area is 191 Å². The van der Waals surface area contributed by atoms with E-state index in [0.29, 0.717) is 30.1 Å². The van der Waals surface area contributed by atoms with Gasteiger partial charge >= 0.3 is 5.97 Å². The minimum absolute atomic E-state index is 0.0237. The monoisotopic (exact) mass is 459 g/mol. The van der Waals surface area contributed by atoms with Gasteiger partial charge in [-0.3, -0.25) is 14.5 Å². The minimum atomic E-state index is -1.13. The Morgan fingerprint density at radius 2 is 2.06 bits per heavy atom. The van der Waals surface area contributed by atoms with Crippen LogP contribution in [0.25, 0.3) is 0 Å². The molecule has 6 unspecified atom stereocenters. The number of nitrogens with two attached hydrogens (primary N) is 1. The van der Waals surface area contributed by atoms with Gasteiger partial charge in [-0.2, -0.15) is 0 Å². The largest absolute Gasteiger partial charge is 0.477 e. The minimum Gasteiger partial charge on any atom is -0.477 e. The van der Waals surface area contributed by atoms with Crippen molar-refractivity contribution in [3.63, 3.8) is 0 Å². The smallest absolute Gasteiger partial charge is 0.353 e. The van der Waals surface area contributed by atoms with Gasteiger partial charge in [-0.1, -0.05) is 19.1 Å². The average molecular weight is 460 g/mol. The lowest BCUT2D eigenvalue weighted by Crippen LogP contribution is -2.63. The number of carbonyl (C=O) groups excluding carboxylic acids is 2. The number of likely N-dealkylation sites (tertiary alicyclic amines) is 1. The molecule has 3 heterocycles. The summed E-state index contributed by atoms with van der Waals surface area (Å²) < 4.78 is 0. The predicted molar refractivity (Wildman–Crippen MR) is 121 cm³/mol. The van der Waals surface area contributed by atoms with Crippen molar-refractivity contribution in [2.45, 2.75) is 57.2 Å². The number of nitrogen functional groups attached to an aromatic ring is 1. The molecule has 2 fully saturated rings. The summed E-state index contributed by atoms with van der Waals surface area (Å²) in [6, 6.07) is 7.01. The van der Waals surface area contributed by atoms with Gasteiger partial charge in [0.05, 0.1) is 24.1 Å². The van der Waals surface area contributed by atoms with Crippen molar-refractivity contribution in [1.29, 1.82) is 0 Å². The molecular weight excluding hydrogens is 430 g/mol. The Kier molecular flexibility index (Phi) is 6.08. The zero-order valence-corrected chi connectivity index (χ0v) is 19.2. The zero-order valence-electron chi connectivity index (χ0n) is 18.4. The van der Waals surface area contributed by atoms with Crippen LogP contribution in [0.3, 0.4) is 0 Å². The van der Waals surface area contributed by atoms with E-state index in [0.717, 1.165) is 5.56 Å². The van der Waals surface area contributed by atoms with Crippen molar-refractivity contribution in [2.24, 2.45) is 11.8 Å². The third-order valence-corrected chi connectivity index (χ3v) is 8.27. The number of aliphatic carboxylic acids is 1. The number of amides is 1. The van der Waals surface area contributed by atoms with Gasteiger partial charge in [0.1, 0.15) is 11.5 Å². The maximum absolute atomic E-state index is 12.5. The molecule has 6 atom stereocenters. The fraction of sp³-hybridized carbons (Fsp3) is 0.522. The number of carbonyl (C=O) groups is 3. The number of anilines is 1. The number of hydrogen-bond acceptors (Lipinski definition) is 7. The number of carboxylic acid groups (broad SMARTS) is 1. The van der Waals surface area contributed by atoms with E-state index < -0.39 is 18.0 Å². The number of rotatable bonds is 7. The van der Waals surface area contributed by atoms with Crippen LogP contribution in [0.1, 0.15) is 32.8 Å². The van der Waals surface area contributed by atoms with Gasteiger partial charge in [0.25, 0.3) is 0 Å². The Morgan fingerprint density at radius 3 is 2.66 bits per heavy atom. The van der Waals surface area contributed by atoms with Crippen LogP contribution in [0.2, 0.25) is 0 Å². The van der Waals surface area contributed by atoms with Crippen LogP contribution in [0.5, 0.6) is 0 Å². The van der Waals surface area contributed by atoms with E-state index in [1.807, 2.05) is 31.2 Å². The summed E-state index contributed by atoms with van der Waals surface area (Å²) in [5.74, 6) is -2.14. The topological polar surface area (TPSA) is 124 Å². The standard InChI is InChI=1S/C23H29N3O5S/c1-11-19-18(13(3)28)22(29)26(19)20(23(30)31)21(11)32-16-8-17(12(2)27)25(10-16)9-14-5-4-6-15(24)7-14/h4-7,11,13,16-19,28H,8-10,24H2,1-3H3,(H,30,31). The molecule has 1 amide bonds. The molecule has 4 N–H and O–H groups in total. The maximum atomic E-state index is 12.5. The molecule has 0 bridgehead atoms. The number of β-lactam (4-membered cyclic amide) rings is 1. The summed E-state index contributed by atoms with van der Waals surface area (Å²) >= 11 is 1.47. The third kappa shape index (κ3) is 3.82. The number of aliphatic hydroxyl groups is 1. The van der Waals surface area contributed by atoms with Gasteiger partial charge in [-0.15, -0.1) is 11.8 Å². The summed E-state index contributed by atoms with van der Waals surface area (Å²) in [7, 11) is 0. The van der Waals surface area contributed by atoms with Crippen molar-refractivity contribution < 1.29 is 24.6 Å². The molecule has 3 aliphatic heterocycles. The summed E-state index contributed by atoms with van der Waals surface area (Å²) in [4.78, 5) is 41.1. The van der Waals surface area contributed by atoms with E-state index in [4.69, 9.17) is 5.73 Å². The van der Waals surface area contributed by atoms with Crippen molar-refractivity contribution in [1.82, 2.24) is 9.80 Å². The molecule has 8 nitrogen and oxygen atoms in total. The van der Waals surface area contributed by atoms with Gasteiger partial charge < -0.3 is 20.8 Å². The maximum Gasteiger partial charge on any atom is 0.353 e. The first-order chi connectivity index (χ1) is 15.1. The number of carboxylic acids is 1. The first-order valence-electron chi connectivity index (χ1n) is 10.8. The summed E-state index contributed by atoms with van der Waals surface area (Å²) in [6.45, 7) is 6.29. The molecular formula is C23H29N3O5S. The molecule has 1 aromatic carbocycles. The summed E-state index contributed by atoms with van der Waals surface area (Å²) in [5, 5.41) is 19.9. The summed E-state index contributed by atoms with van der Waals surface area (Å²) in [6.07, 6.45) is -0.211. The second kappa shape index (κ2) is 8.53. The van der Waals surface area contributed by atoms with E-state index in [1.165, 1.54) is 16.7 Å². The van der Waals surface area contributed by atoms with Crippen LogP contribution < -0.4 is 5.73 Å². The van der Waals surface area contributed by atoms with E-state index in [9.17, 15) is 24.6 Å². The number of hydrogen-bond donors (Lipinski definition) is 3. The van der Waals surface area contributed by atoms with Crippen LogP contribution in [0, 0.1) is 11.8 Å². The zero-order chi connectivity index (χ0) is 23.3. The molecule has 9 heteroatoms. The van der Waals surface area contributed by atoms with Crippen molar-refractivity contribution in [2.75, 3.05) is 12.3 Å². The van der Waals surface area contributed by atoms with Crippen LogP contribution in [-0.2, 0) is 20.9 Å². The lowest BCUT2D eigenvalue weighted by Gasteiger charge is -2.46. The van der Waals surface area contributed by atoms with Gasteiger partial charge in [0.2, 0.25) is 5.91 Å². The number of nitrogens with zero attached hydrogens (tertiary/aromatic N) is 2. The number of thioether (sulfide) groups is 1. The van der Waals surface area contributed by atoms with Gasteiger partial charge in [-0.05, 0) is 38.0 Å². The molecule has 0 radical (unpaired) electrons. The molecule has 3 aliphatic rings.